The van der Waals surface area contributed by atoms with Crippen molar-refractivity contribution in [3.63, 3.8) is 0 Å². The number of hydrogen-bond donors (Lipinski definition) is 0. The molecule has 12 heavy (non-hydrogen) atoms. The average Bonchev–Trinajstić information content (AvgIpc) is 2.09. The van der Waals surface area contributed by atoms with Gasteiger partial charge in [-0.15, -0.1) is 5.92 Å². The average molecular weight is 163 g/mol. The molecule has 0 bridgehead atoms. The van der Waals surface area contributed by atoms with Gasteiger partial charge >= 0.3 is 0 Å². The molecule has 0 fully saturated rings. The van der Waals surface area contributed by atoms with E-state index < -0.39 is 5.82 Å². The maximum atomic E-state index is 12.8. The number of hydrogen-bond acceptors (Lipinski definition) is 1. The van der Waals surface area contributed by atoms with E-state index in [1.165, 1.54) is 6.07 Å². The zero-order chi connectivity index (χ0) is 8.81. The van der Waals surface area contributed by atoms with Gasteiger partial charge in [-0.05, 0) is 13.0 Å². The SMILES string of the molecule is CC#CCOc1ccc[c]c1F. The Morgan fingerprint density at radius 3 is 3.17 bits per heavy atom. The molecule has 1 nitrogen and oxygen atoms in total. The van der Waals surface area contributed by atoms with Crippen molar-refractivity contribution in [3.8, 4) is 17.6 Å². The van der Waals surface area contributed by atoms with Crippen LogP contribution in [0.5, 0.6) is 5.75 Å². The lowest BCUT2D eigenvalue weighted by Crippen LogP contribution is -1.95. The maximum absolute atomic E-state index is 12.8. The van der Waals surface area contributed by atoms with Crippen molar-refractivity contribution < 1.29 is 9.13 Å². The molecule has 0 aliphatic carbocycles. The Morgan fingerprint density at radius 2 is 2.50 bits per heavy atom. The largest absolute Gasteiger partial charge is 0.478 e. The van der Waals surface area contributed by atoms with Gasteiger partial charge in [-0.1, -0.05) is 18.1 Å². The standard InChI is InChI=1S/C10H8FO/c1-2-3-8-12-10-7-5-4-6-9(10)11/h4-5,7H,8H2,1H3. The Morgan fingerprint density at radius 1 is 1.67 bits per heavy atom. The summed E-state index contributed by atoms with van der Waals surface area (Å²) in [5.74, 6) is 5.04. The summed E-state index contributed by atoms with van der Waals surface area (Å²) >= 11 is 0. The van der Waals surface area contributed by atoms with E-state index in [2.05, 4.69) is 17.9 Å². The van der Waals surface area contributed by atoms with E-state index >= 15 is 0 Å². The van der Waals surface area contributed by atoms with Crippen LogP contribution in [-0.2, 0) is 0 Å². The van der Waals surface area contributed by atoms with Crippen LogP contribution in [0.3, 0.4) is 0 Å². The summed E-state index contributed by atoms with van der Waals surface area (Å²) in [6, 6.07) is 7.09. The van der Waals surface area contributed by atoms with Crippen molar-refractivity contribution in [2.45, 2.75) is 6.92 Å². The summed E-state index contributed by atoms with van der Waals surface area (Å²) < 4.78 is 17.8. The molecule has 61 valence electrons. The van der Waals surface area contributed by atoms with E-state index in [0.717, 1.165) is 0 Å². The van der Waals surface area contributed by atoms with Crippen LogP contribution in [0.1, 0.15) is 6.92 Å². The summed E-state index contributed by atoms with van der Waals surface area (Å²) in [4.78, 5) is 0. The predicted octanol–water partition coefficient (Wildman–Crippen LogP) is 2.03. The molecule has 0 saturated carbocycles. The van der Waals surface area contributed by atoms with Gasteiger partial charge < -0.3 is 4.74 Å². The van der Waals surface area contributed by atoms with E-state index in [1.54, 1.807) is 19.1 Å². The Bertz CT molecular complexity index is 309. The van der Waals surface area contributed by atoms with Gasteiger partial charge in [-0.2, -0.15) is 0 Å². The first-order chi connectivity index (χ1) is 5.84. The molecule has 0 aliphatic rings. The molecule has 1 radical (unpaired) electrons. The summed E-state index contributed by atoms with van der Waals surface area (Å²) in [5.41, 5.74) is 0. The molecule has 0 saturated heterocycles. The highest BCUT2D eigenvalue weighted by atomic mass is 19.1. The lowest BCUT2D eigenvalue weighted by atomic mass is 10.3. The summed E-state index contributed by atoms with van der Waals surface area (Å²) in [6.45, 7) is 1.92. The van der Waals surface area contributed by atoms with Crippen molar-refractivity contribution in [1.29, 1.82) is 0 Å². The van der Waals surface area contributed by atoms with Gasteiger partial charge in [0.2, 0.25) is 0 Å². The zero-order valence-corrected chi connectivity index (χ0v) is 6.73. The number of rotatable bonds is 2. The highest BCUT2D eigenvalue weighted by Crippen LogP contribution is 2.13. The summed E-state index contributed by atoms with van der Waals surface area (Å²) in [6.07, 6.45) is 0. The fraction of sp³-hybridized carbons (Fsp3) is 0.200. The molecule has 1 rings (SSSR count). The van der Waals surface area contributed by atoms with E-state index in [9.17, 15) is 4.39 Å². The zero-order valence-electron chi connectivity index (χ0n) is 6.73. The van der Waals surface area contributed by atoms with Gasteiger partial charge in [0, 0.05) is 6.07 Å². The molecule has 0 amide bonds. The third kappa shape index (κ3) is 2.28. The highest BCUT2D eigenvalue weighted by Gasteiger charge is 1.98. The number of halogens is 1. The second-order valence-corrected chi connectivity index (χ2v) is 2.06. The van der Waals surface area contributed by atoms with Crippen molar-refractivity contribution in [2.75, 3.05) is 6.61 Å². The molecule has 2 heteroatoms. The Kier molecular flexibility index (Phi) is 3.16. The van der Waals surface area contributed by atoms with Crippen LogP contribution in [0.2, 0.25) is 0 Å². The first-order valence-corrected chi connectivity index (χ1v) is 3.53. The molecular formula is C10H8FO. The Hall–Kier alpha value is -1.49. The van der Waals surface area contributed by atoms with Crippen LogP contribution in [0, 0.1) is 23.7 Å². The molecule has 0 unspecified atom stereocenters. The topological polar surface area (TPSA) is 9.23 Å². The summed E-state index contributed by atoms with van der Waals surface area (Å²) in [7, 11) is 0. The van der Waals surface area contributed by atoms with Crippen LogP contribution in [0.4, 0.5) is 4.39 Å². The van der Waals surface area contributed by atoms with Gasteiger partial charge in [0.05, 0.1) is 0 Å². The monoisotopic (exact) mass is 163 g/mol. The molecule has 0 spiro atoms. The number of benzene rings is 1. The molecule has 0 aromatic heterocycles. The lowest BCUT2D eigenvalue weighted by molar-refractivity contribution is 0.348. The van der Waals surface area contributed by atoms with E-state index in [-0.39, 0.29) is 12.4 Å². The third-order valence-corrected chi connectivity index (χ3v) is 1.25. The van der Waals surface area contributed by atoms with Crippen LogP contribution >= 0.6 is 0 Å². The van der Waals surface area contributed by atoms with Crippen molar-refractivity contribution in [1.82, 2.24) is 0 Å². The summed E-state index contributed by atoms with van der Waals surface area (Å²) in [5, 5.41) is 0. The Labute approximate surface area is 71.2 Å². The highest BCUT2D eigenvalue weighted by molar-refractivity contribution is 5.23. The second-order valence-electron chi connectivity index (χ2n) is 2.06. The van der Waals surface area contributed by atoms with Crippen LogP contribution < -0.4 is 4.74 Å². The minimum absolute atomic E-state index is 0.195. The molecule has 1 aromatic rings. The predicted molar refractivity (Wildman–Crippen MR) is 44.2 cm³/mol. The third-order valence-electron chi connectivity index (χ3n) is 1.25. The first-order valence-electron chi connectivity index (χ1n) is 3.53. The van der Waals surface area contributed by atoms with Crippen molar-refractivity contribution in [2.24, 2.45) is 0 Å². The first kappa shape index (κ1) is 8.61. The van der Waals surface area contributed by atoms with Crippen molar-refractivity contribution in [3.05, 3.63) is 30.1 Å². The molecule has 0 aliphatic heterocycles. The van der Waals surface area contributed by atoms with E-state index in [1.807, 2.05) is 0 Å². The quantitative estimate of drug-likeness (QED) is 0.606. The molecular weight excluding hydrogens is 155 g/mol. The van der Waals surface area contributed by atoms with E-state index in [0.29, 0.717) is 0 Å². The lowest BCUT2D eigenvalue weighted by Gasteiger charge is -2.01. The van der Waals surface area contributed by atoms with E-state index in [4.69, 9.17) is 4.74 Å². The second kappa shape index (κ2) is 4.40. The van der Waals surface area contributed by atoms with Gasteiger partial charge in [-0.3, -0.25) is 0 Å². The van der Waals surface area contributed by atoms with Crippen LogP contribution in [0.25, 0.3) is 0 Å². The minimum atomic E-state index is -0.476. The molecule has 0 atom stereocenters. The maximum Gasteiger partial charge on any atom is 0.173 e. The van der Waals surface area contributed by atoms with Gasteiger partial charge in [0.1, 0.15) is 6.61 Å². The van der Waals surface area contributed by atoms with Crippen molar-refractivity contribution >= 4 is 0 Å². The molecule has 0 heterocycles. The minimum Gasteiger partial charge on any atom is -0.478 e. The van der Waals surface area contributed by atoms with Crippen LogP contribution in [-0.4, -0.2) is 6.61 Å². The fourth-order valence-corrected chi connectivity index (χ4v) is 0.699. The van der Waals surface area contributed by atoms with Gasteiger partial charge in [0.25, 0.3) is 0 Å². The molecule has 1 aromatic carbocycles. The molecule has 0 N–H and O–H groups in total. The van der Waals surface area contributed by atoms with Gasteiger partial charge in [-0.25, -0.2) is 4.39 Å². The normalized spacial score (nSPS) is 8.50. The fourth-order valence-electron chi connectivity index (χ4n) is 0.699. The smallest absolute Gasteiger partial charge is 0.173 e. The van der Waals surface area contributed by atoms with Gasteiger partial charge in [0.15, 0.2) is 11.6 Å². The van der Waals surface area contributed by atoms with Crippen LogP contribution in [0.15, 0.2) is 18.2 Å². The Balaban J connectivity index is 2.61. The number of ether oxygens (including phenoxy) is 1.